The first-order chi connectivity index (χ1) is 7.08. The Kier molecular flexibility index (Phi) is 2.00. The summed E-state index contributed by atoms with van der Waals surface area (Å²) >= 11 is 0. The number of nitrogens with one attached hydrogen (secondary N) is 1. The molecule has 2 rings (SSSR count). The maximum absolute atomic E-state index is 10.7. The molecule has 2 aromatic heterocycles. The van der Waals surface area contributed by atoms with Crippen molar-refractivity contribution in [2.75, 3.05) is 5.73 Å². The second kappa shape index (κ2) is 3.19. The van der Waals surface area contributed by atoms with Crippen LogP contribution in [0.25, 0.3) is 11.6 Å². The molecule has 0 aliphatic heterocycles. The van der Waals surface area contributed by atoms with E-state index in [9.17, 15) is 4.79 Å². The molecule has 0 unspecified atom stereocenters. The average molecular weight is 207 g/mol. The monoisotopic (exact) mass is 207 g/mol. The molecule has 7 heteroatoms. The third-order valence-corrected chi connectivity index (χ3v) is 2.08. The van der Waals surface area contributed by atoms with E-state index in [4.69, 9.17) is 5.73 Å². The summed E-state index contributed by atoms with van der Waals surface area (Å²) in [6.45, 7) is 3.62. The molecule has 0 amide bonds. The summed E-state index contributed by atoms with van der Waals surface area (Å²) in [7, 11) is 0. The first-order valence-electron chi connectivity index (χ1n) is 4.25. The number of nitrogens with two attached hydrogens (primary N) is 1. The number of H-pyrrole nitrogens is 1. The topological polar surface area (TPSA) is 111 Å². The van der Waals surface area contributed by atoms with E-state index in [0.717, 1.165) is 11.3 Å². The van der Waals surface area contributed by atoms with Gasteiger partial charge < -0.3 is 5.73 Å². The second-order valence-corrected chi connectivity index (χ2v) is 3.09. The number of aromatic amines is 1. The van der Waals surface area contributed by atoms with Gasteiger partial charge in [0.05, 0.1) is 0 Å². The van der Waals surface area contributed by atoms with Gasteiger partial charge in [0, 0.05) is 11.3 Å². The third-order valence-electron chi connectivity index (χ3n) is 2.08. The van der Waals surface area contributed by atoms with Gasteiger partial charge in [-0.1, -0.05) is 5.16 Å². The lowest BCUT2D eigenvalue weighted by Crippen LogP contribution is -2.03. The molecule has 0 saturated heterocycles. The fraction of sp³-hybridized carbons (Fsp3) is 0.250. The molecule has 0 aliphatic rings. The third kappa shape index (κ3) is 1.58. The van der Waals surface area contributed by atoms with E-state index in [2.05, 4.69) is 24.6 Å². The Morgan fingerprint density at radius 1 is 1.33 bits per heavy atom. The van der Waals surface area contributed by atoms with Crippen LogP contribution in [0.1, 0.15) is 11.3 Å². The van der Waals surface area contributed by atoms with E-state index in [-0.39, 0.29) is 11.6 Å². The lowest BCUT2D eigenvalue weighted by atomic mass is 10.2. The molecule has 0 atom stereocenters. The molecule has 0 aliphatic carbocycles. The van der Waals surface area contributed by atoms with Crippen molar-refractivity contribution in [1.82, 2.24) is 20.1 Å². The summed E-state index contributed by atoms with van der Waals surface area (Å²) in [5.74, 6) is 0.142. The summed E-state index contributed by atoms with van der Waals surface area (Å²) in [5.41, 5.74) is 7.21. The number of hydrogen-bond acceptors (Lipinski definition) is 6. The smallest absolute Gasteiger partial charge is 0.383 e. The van der Waals surface area contributed by atoms with Crippen molar-refractivity contribution in [2.45, 2.75) is 13.8 Å². The van der Waals surface area contributed by atoms with Gasteiger partial charge >= 0.3 is 5.76 Å². The van der Waals surface area contributed by atoms with Crippen LogP contribution >= 0.6 is 0 Å². The van der Waals surface area contributed by atoms with Crippen LogP contribution in [0, 0.1) is 13.8 Å². The number of rotatable bonds is 1. The molecule has 3 N–H and O–H groups in total. The Bertz CT molecular complexity index is 533. The normalized spacial score (nSPS) is 10.5. The van der Waals surface area contributed by atoms with E-state index in [1.165, 1.54) is 0 Å². The van der Waals surface area contributed by atoms with Gasteiger partial charge in [-0.3, -0.25) is 9.51 Å². The second-order valence-electron chi connectivity index (χ2n) is 3.09. The molecule has 2 aromatic rings. The highest BCUT2D eigenvalue weighted by Crippen LogP contribution is 2.15. The predicted octanol–water partition coefficient (Wildman–Crippen LogP) is 0.0189. The molecule has 7 nitrogen and oxygen atoms in total. The molecule has 0 aromatic carbocycles. The molecule has 0 fully saturated rings. The first kappa shape index (κ1) is 9.38. The minimum absolute atomic E-state index is 0.176. The Labute approximate surface area is 84.3 Å². The van der Waals surface area contributed by atoms with E-state index >= 15 is 0 Å². The number of aromatic nitrogens is 4. The average Bonchev–Trinajstić information content (AvgIpc) is 2.60. The van der Waals surface area contributed by atoms with Crippen LogP contribution in [0.3, 0.4) is 0 Å². The quantitative estimate of drug-likeness (QED) is 0.681. The van der Waals surface area contributed by atoms with Crippen molar-refractivity contribution in [2.24, 2.45) is 0 Å². The van der Waals surface area contributed by atoms with E-state index in [0.29, 0.717) is 5.82 Å². The van der Waals surface area contributed by atoms with Gasteiger partial charge in [-0.25, -0.2) is 14.8 Å². The predicted molar refractivity (Wildman–Crippen MR) is 52.0 cm³/mol. The molecule has 15 heavy (non-hydrogen) atoms. The van der Waals surface area contributed by atoms with Gasteiger partial charge in [0.15, 0.2) is 0 Å². The maximum atomic E-state index is 10.7. The van der Waals surface area contributed by atoms with Gasteiger partial charge in [0.25, 0.3) is 0 Å². The zero-order valence-corrected chi connectivity index (χ0v) is 8.24. The van der Waals surface area contributed by atoms with Gasteiger partial charge in [0.1, 0.15) is 5.82 Å². The van der Waals surface area contributed by atoms with Crippen LogP contribution in [0.2, 0.25) is 0 Å². The van der Waals surface area contributed by atoms with Crippen LogP contribution < -0.4 is 11.5 Å². The molecule has 0 bridgehead atoms. The van der Waals surface area contributed by atoms with Crippen LogP contribution in [-0.2, 0) is 0 Å². The van der Waals surface area contributed by atoms with Gasteiger partial charge in [-0.15, -0.1) is 0 Å². The van der Waals surface area contributed by atoms with Crippen LogP contribution in [-0.4, -0.2) is 20.1 Å². The fourth-order valence-corrected chi connectivity index (χ4v) is 1.08. The maximum Gasteiger partial charge on any atom is 0.439 e. The minimum atomic E-state index is -0.648. The lowest BCUT2D eigenvalue weighted by molar-refractivity contribution is 0.387. The van der Waals surface area contributed by atoms with Gasteiger partial charge in [-0.05, 0) is 13.8 Å². The standard InChI is InChI=1S/C8H9N5O2/c1-3-4(2)10-6(11-5(3)9)7-12-8(14)15-13-7/h1-2H3,(H2,9,10,11)(H,12,13,14). The summed E-state index contributed by atoms with van der Waals surface area (Å²) in [4.78, 5) is 21.2. The lowest BCUT2D eigenvalue weighted by Gasteiger charge is -2.03. The Morgan fingerprint density at radius 3 is 2.60 bits per heavy atom. The van der Waals surface area contributed by atoms with Crippen LogP contribution in [0.15, 0.2) is 9.32 Å². The van der Waals surface area contributed by atoms with Gasteiger partial charge in [-0.2, -0.15) is 0 Å². The largest absolute Gasteiger partial charge is 0.439 e. The number of anilines is 1. The fourth-order valence-electron chi connectivity index (χ4n) is 1.08. The van der Waals surface area contributed by atoms with Crippen molar-refractivity contribution < 1.29 is 4.52 Å². The number of aryl methyl sites for hydroxylation is 1. The SMILES string of the molecule is Cc1nc(-c2noc(=O)[nH]2)nc(N)c1C. The summed E-state index contributed by atoms with van der Waals surface area (Å²) < 4.78 is 4.35. The van der Waals surface area contributed by atoms with Crippen LogP contribution in [0.5, 0.6) is 0 Å². The van der Waals surface area contributed by atoms with Crippen molar-refractivity contribution >= 4 is 5.82 Å². The summed E-state index contributed by atoms with van der Waals surface area (Å²) in [6.07, 6.45) is 0. The van der Waals surface area contributed by atoms with Crippen LogP contribution in [0.4, 0.5) is 5.82 Å². The summed E-state index contributed by atoms with van der Waals surface area (Å²) in [6, 6.07) is 0. The molecule has 0 radical (unpaired) electrons. The highest BCUT2D eigenvalue weighted by molar-refractivity contribution is 5.50. The van der Waals surface area contributed by atoms with E-state index in [1.807, 2.05) is 6.92 Å². The Balaban J connectivity index is 2.59. The first-order valence-corrected chi connectivity index (χ1v) is 4.25. The Hall–Kier alpha value is -2.18. The molecule has 78 valence electrons. The highest BCUT2D eigenvalue weighted by Gasteiger charge is 2.11. The molecule has 0 spiro atoms. The van der Waals surface area contributed by atoms with Crippen molar-refractivity contribution in [3.05, 3.63) is 21.8 Å². The zero-order valence-electron chi connectivity index (χ0n) is 8.24. The number of nitrogens with zero attached hydrogens (tertiary/aromatic N) is 3. The molecular weight excluding hydrogens is 198 g/mol. The van der Waals surface area contributed by atoms with E-state index < -0.39 is 5.76 Å². The van der Waals surface area contributed by atoms with E-state index in [1.54, 1.807) is 6.92 Å². The van der Waals surface area contributed by atoms with Crippen molar-refractivity contribution in [3.8, 4) is 11.6 Å². The molecule has 0 saturated carbocycles. The van der Waals surface area contributed by atoms with Crippen molar-refractivity contribution in [3.63, 3.8) is 0 Å². The Morgan fingerprint density at radius 2 is 2.07 bits per heavy atom. The van der Waals surface area contributed by atoms with Gasteiger partial charge in [0.2, 0.25) is 11.6 Å². The molecular formula is C8H9N5O2. The number of hydrogen-bond donors (Lipinski definition) is 2. The highest BCUT2D eigenvalue weighted by atomic mass is 16.5. The summed E-state index contributed by atoms with van der Waals surface area (Å²) in [5, 5.41) is 3.47. The zero-order chi connectivity index (χ0) is 11.0. The number of nitrogen functional groups attached to an aromatic ring is 1. The molecule has 2 heterocycles. The minimum Gasteiger partial charge on any atom is -0.383 e. The van der Waals surface area contributed by atoms with Crippen molar-refractivity contribution in [1.29, 1.82) is 0 Å².